The number of furan rings is 1. The Morgan fingerprint density at radius 3 is 2.58 bits per heavy atom. The average Bonchev–Trinajstić information content (AvgIpc) is 3.18. The second kappa shape index (κ2) is 8.27. The van der Waals surface area contributed by atoms with Gasteiger partial charge >= 0.3 is 0 Å². The number of hydrogen-bond acceptors (Lipinski definition) is 4. The second-order valence-electron chi connectivity index (χ2n) is 6.29. The lowest BCUT2D eigenvalue weighted by atomic mass is 10.2. The summed E-state index contributed by atoms with van der Waals surface area (Å²) in [5.41, 5.74) is 2.03. The van der Waals surface area contributed by atoms with Crippen LogP contribution < -0.4 is 5.32 Å². The van der Waals surface area contributed by atoms with E-state index >= 15 is 0 Å². The highest BCUT2D eigenvalue weighted by molar-refractivity contribution is 6.30. The number of piperazine rings is 1. The number of hydrogen-bond donors (Lipinski definition) is 1. The Hall–Kier alpha value is -2.47. The van der Waals surface area contributed by atoms with Gasteiger partial charge in [-0.25, -0.2) is 0 Å². The summed E-state index contributed by atoms with van der Waals surface area (Å²) in [4.78, 5) is 28.1. The van der Waals surface area contributed by atoms with E-state index in [1.54, 1.807) is 21.9 Å². The van der Waals surface area contributed by atoms with E-state index in [9.17, 15) is 9.59 Å². The molecule has 1 aliphatic rings. The van der Waals surface area contributed by atoms with E-state index in [1.807, 2.05) is 25.1 Å². The SMILES string of the molecule is Cc1ccc(Cl)cc1NCCC(=O)N1CCN(C(=O)c2ccco2)CC1. The van der Waals surface area contributed by atoms with Crippen LogP contribution in [-0.4, -0.2) is 54.3 Å². The summed E-state index contributed by atoms with van der Waals surface area (Å²) in [6.45, 7) is 4.67. The standard InChI is InChI=1S/C19H22ClN3O3/c1-14-4-5-15(20)13-16(14)21-7-6-18(24)22-8-10-23(11-9-22)19(25)17-3-2-12-26-17/h2-5,12-13,21H,6-11H2,1H3. The fourth-order valence-electron chi connectivity index (χ4n) is 2.96. The van der Waals surface area contributed by atoms with Crippen LogP contribution in [0.5, 0.6) is 0 Å². The smallest absolute Gasteiger partial charge is 0.289 e. The van der Waals surface area contributed by atoms with E-state index in [4.69, 9.17) is 16.0 Å². The molecule has 1 aromatic carbocycles. The average molecular weight is 376 g/mol. The monoisotopic (exact) mass is 375 g/mol. The molecule has 2 heterocycles. The first-order valence-corrected chi connectivity index (χ1v) is 9.03. The fraction of sp³-hybridized carbons (Fsp3) is 0.368. The molecule has 0 saturated carbocycles. The van der Waals surface area contributed by atoms with Gasteiger partial charge in [-0.15, -0.1) is 0 Å². The van der Waals surface area contributed by atoms with Gasteiger partial charge in [-0.3, -0.25) is 9.59 Å². The third kappa shape index (κ3) is 4.38. The van der Waals surface area contributed by atoms with E-state index in [0.29, 0.717) is 49.9 Å². The Bertz CT molecular complexity index is 768. The third-order valence-corrected chi connectivity index (χ3v) is 4.74. The molecule has 2 amide bonds. The van der Waals surface area contributed by atoms with Crippen molar-refractivity contribution >= 4 is 29.1 Å². The summed E-state index contributed by atoms with van der Waals surface area (Å²) in [7, 11) is 0. The van der Waals surface area contributed by atoms with Gasteiger partial charge in [0.1, 0.15) is 0 Å². The number of benzene rings is 1. The molecule has 0 bridgehead atoms. The molecule has 1 fully saturated rings. The van der Waals surface area contributed by atoms with Crippen molar-refractivity contribution in [3.8, 4) is 0 Å². The summed E-state index contributed by atoms with van der Waals surface area (Å²) >= 11 is 6.00. The van der Waals surface area contributed by atoms with Crippen LogP contribution in [0.25, 0.3) is 0 Å². The van der Waals surface area contributed by atoms with Crippen LogP contribution in [0.4, 0.5) is 5.69 Å². The number of halogens is 1. The van der Waals surface area contributed by atoms with Crippen molar-refractivity contribution in [1.29, 1.82) is 0 Å². The topological polar surface area (TPSA) is 65.8 Å². The Kier molecular flexibility index (Phi) is 5.83. The number of rotatable bonds is 5. The highest BCUT2D eigenvalue weighted by atomic mass is 35.5. The first-order valence-electron chi connectivity index (χ1n) is 8.65. The third-order valence-electron chi connectivity index (χ3n) is 4.51. The van der Waals surface area contributed by atoms with Crippen molar-refractivity contribution in [2.75, 3.05) is 38.0 Å². The van der Waals surface area contributed by atoms with Gasteiger partial charge in [0.2, 0.25) is 5.91 Å². The lowest BCUT2D eigenvalue weighted by Gasteiger charge is -2.34. The van der Waals surface area contributed by atoms with Crippen LogP contribution in [0, 0.1) is 6.92 Å². The first-order chi connectivity index (χ1) is 12.5. The largest absolute Gasteiger partial charge is 0.459 e. The van der Waals surface area contributed by atoms with Crippen LogP contribution in [-0.2, 0) is 4.79 Å². The highest BCUT2D eigenvalue weighted by Crippen LogP contribution is 2.20. The maximum atomic E-state index is 12.4. The maximum Gasteiger partial charge on any atom is 0.289 e. The van der Waals surface area contributed by atoms with Gasteiger partial charge in [-0.2, -0.15) is 0 Å². The fourth-order valence-corrected chi connectivity index (χ4v) is 3.13. The molecule has 2 aromatic rings. The zero-order chi connectivity index (χ0) is 18.5. The Labute approximate surface area is 157 Å². The first kappa shape index (κ1) is 18.3. The van der Waals surface area contributed by atoms with Crippen LogP contribution >= 0.6 is 11.6 Å². The van der Waals surface area contributed by atoms with Gasteiger partial charge in [0, 0.05) is 49.9 Å². The van der Waals surface area contributed by atoms with Crippen LogP contribution in [0.15, 0.2) is 41.0 Å². The minimum absolute atomic E-state index is 0.0854. The number of anilines is 1. The molecule has 1 saturated heterocycles. The summed E-state index contributed by atoms with van der Waals surface area (Å²) < 4.78 is 5.15. The van der Waals surface area contributed by atoms with E-state index in [-0.39, 0.29) is 11.8 Å². The van der Waals surface area contributed by atoms with Crippen molar-refractivity contribution < 1.29 is 14.0 Å². The van der Waals surface area contributed by atoms with Gasteiger partial charge in [-0.05, 0) is 36.8 Å². The number of aryl methyl sites for hydroxylation is 1. The molecule has 0 radical (unpaired) electrons. The Morgan fingerprint density at radius 2 is 1.88 bits per heavy atom. The summed E-state index contributed by atoms with van der Waals surface area (Å²) in [5, 5.41) is 3.93. The molecule has 1 aromatic heterocycles. The maximum absolute atomic E-state index is 12.4. The molecule has 0 spiro atoms. The van der Waals surface area contributed by atoms with Crippen molar-refractivity contribution in [2.45, 2.75) is 13.3 Å². The Morgan fingerprint density at radius 1 is 1.15 bits per heavy atom. The van der Waals surface area contributed by atoms with Gasteiger partial charge < -0.3 is 19.5 Å². The Balaban J connectivity index is 1.44. The number of amides is 2. The number of carbonyl (C=O) groups is 2. The van der Waals surface area contributed by atoms with Gasteiger partial charge in [0.05, 0.1) is 6.26 Å². The molecule has 7 heteroatoms. The molecule has 0 aliphatic carbocycles. The molecule has 26 heavy (non-hydrogen) atoms. The summed E-state index contributed by atoms with van der Waals surface area (Å²) in [6, 6.07) is 9.00. The van der Waals surface area contributed by atoms with E-state index < -0.39 is 0 Å². The lowest BCUT2D eigenvalue weighted by Crippen LogP contribution is -2.50. The molecule has 6 nitrogen and oxygen atoms in total. The van der Waals surface area contributed by atoms with E-state index in [1.165, 1.54) is 6.26 Å². The van der Waals surface area contributed by atoms with Gasteiger partial charge in [0.15, 0.2) is 5.76 Å². The van der Waals surface area contributed by atoms with E-state index in [0.717, 1.165) is 11.3 Å². The molecule has 1 N–H and O–H groups in total. The second-order valence-corrected chi connectivity index (χ2v) is 6.72. The minimum atomic E-state index is -0.125. The van der Waals surface area contributed by atoms with Crippen molar-refractivity contribution in [3.63, 3.8) is 0 Å². The molecular weight excluding hydrogens is 354 g/mol. The molecule has 0 atom stereocenters. The van der Waals surface area contributed by atoms with Crippen molar-refractivity contribution in [1.82, 2.24) is 9.80 Å². The predicted octanol–water partition coefficient (Wildman–Crippen LogP) is 3.03. The lowest BCUT2D eigenvalue weighted by molar-refractivity contribution is -0.132. The number of nitrogens with one attached hydrogen (secondary N) is 1. The number of carbonyl (C=O) groups excluding carboxylic acids is 2. The minimum Gasteiger partial charge on any atom is -0.459 e. The van der Waals surface area contributed by atoms with Gasteiger partial charge in [-0.1, -0.05) is 17.7 Å². The zero-order valence-electron chi connectivity index (χ0n) is 14.7. The van der Waals surface area contributed by atoms with E-state index in [2.05, 4.69) is 5.32 Å². The molecule has 1 aliphatic heterocycles. The van der Waals surface area contributed by atoms with Crippen LogP contribution in [0.1, 0.15) is 22.5 Å². The summed E-state index contributed by atoms with van der Waals surface area (Å²) in [6.07, 6.45) is 1.89. The van der Waals surface area contributed by atoms with Crippen LogP contribution in [0.3, 0.4) is 0 Å². The van der Waals surface area contributed by atoms with Crippen LogP contribution in [0.2, 0.25) is 5.02 Å². The van der Waals surface area contributed by atoms with Gasteiger partial charge in [0.25, 0.3) is 5.91 Å². The molecular formula is C19H22ClN3O3. The zero-order valence-corrected chi connectivity index (χ0v) is 15.5. The number of nitrogens with zero attached hydrogens (tertiary/aromatic N) is 2. The molecule has 0 unspecified atom stereocenters. The quantitative estimate of drug-likeness (QED) is 0.872. The van der Waals surface area contributed by atoms with Crippen molar-refractivity contribution in [3.05, 3.63) is 52.9 Å². The molecule has 3 rings (SSSR count). The van der Waals surface area contributed by atoms with Crippen molar-refractivity contribution in [2.24, 2.45) is 0 Å². The normalized spacial score (nSPS) is 14.4. The molecule has 138 valence electrons. The highest BCUT2D eigenvalue weighted by Gasteiger charge is 2.25. The summed E-state index contributed by atoms with van der Waals surface area (Å²) in [5.74, 6) is 0.299. The predicted molar refractivity (Wildman–Crippen MR) is 100 cm³/mol.